The third-order valence-corrected chi connectivity index (χ3v) is 2.78. The number of nitrogens with zero attached hydrogens (tertiary/aromatic N) is 1. The molecule has 98 valence electrons. The van der Waals surface area contributed by atoms with E-state index in [9.17, 15) is 14.9 Å². The molecule has 0 saturated heterocycles. The van der Waals surface area contributed by atoms with E-state index in [1.54, 1.807) is 6.07 Å². The van der Waals surface area contributed by atoms with E-state index in [-0.39, 0.29) is 22.2 Å². The zero-order valence-corrected chi connectivity index (χ0v) is 10.5. The number of hydrogen-bond donors (Lipinski definition) is 0. The molecule has 0 amide bonds. The normalized spacial score (nSPS) is 10.2. The van der Waals surface area contributed by atoms with Crippen molar-refractivity contribution in [3.05, 3.63) is 45.2 Å². The van der Waals surface area contributed by atoms with Gasteiger partial charge in [-0.05, 0) is 18.2 Å². The Labute approximate surface area is 112 Å². The number of halogens is 1. The van der Waals surface area contributed by atoms with Crippen molar-refractivity contribution in [3.8, 4) is 17.1 Å². The third kappa shape index (κ3) is 2.43. The molecular weight excluding hydrogens is 274 g/mol. The predicted octanol–water partition coefficient (Wildman–Crippen LogP) is 3.33. The highest BCUT2D eigenvalue weighted by Gasteiger charge is 2.20. The van der Waals surface area contributed by atoms with Gasteiger partial charge in [-0.3, -0.25) is 14.9 Å². The number of rotatable bonds is 4. The molecule has 0 aliphatic carbocycles. The fraction of sp³-hybridized carbons (Fsp3) is 0.0833. The van der Waals surface area contributed by atoms with Gasteiger partial charge in [-0.2, -0.15) is 0 Å². The minimum Gasteiger partial charge on any atom is -0.496 e. The van der Waals surface area contributed by atoms with Crippen LogP contribution in [0.5, 0.6) is 5.75 Å². The van der Waals surface area contributed by atoms with Crippen LogP contribution in [0.4, 0.5) is 5.69 Å². The van der Waals surface area contributed by atoms with E-state index >= 15 is 0 Å². The lowest BCUT2D eigenvalue weighted by atomic mass is 10.1. The second-order valence-corrected chi connectivity index (χ2v) is 3.99. The number of methoxy groups -OCH3 is 1. The van der Waals surface area contributed by atoms with Crippen molar-refractivity contribution in [2.75, 3.05) is 7.11 Å². The van der Waals surface area contributed by atoms with E-state index in [2.05, 4.69) is 0 Å². The van der Waals surface area contributed by atoms with Gasteiger partial charge < -0.3 is 9.15 Å². The van der Waals surface area contributed by atoms with Gasteiger partial charge in [0.15, 0.2) is 12.0 Å². The average Bonchev–Trinajstić information content (AvgIpc) is 2.86. The highest BCUT2D eigenvalue weighted by atomic mass is 35.5. The van der Waals surface area contributed by atoms with Gasteiger partial charge in [-0.1, -0.05) is 11.6 Å². The van der Waals surface area contributed by atoms with Crippen molar-refractivity contribution in [2.24, 2.45) is 0 Å². The van der Waals surface area contributed by atoms with Crippen molar-refractivity contribution in [1.82, 2.24) is 0 Å². The van der Waals surface area contributed by atoms with Crippen LogP contribution in [-0.2, 0) is 0 Å². The van der Waals surface area contributed by atoms with E-state index in [1.165, 1.54) is 25.3 Å². The Morgan fingerprint density at radius 1 is 1.42 bits per heavy atom. The number of benzene rings is 1. The molecule has 6 nitrogen and oxygen atoms in total. The van der Waals surface area contributed by atoms with Gasteiger partial charge in [0.2, 0.25) is 0 Å². The molecule has 0 spiro atoms. The quantitative estimate of drug-likeness (QED) is 0.487. The minimum absolute atomic E-state index is 0.0372. The Morgan fingerprint density at radius 3 is 2.68 bits per heavy atom. The van der Waals surface area contributed by atoms with E-state index in [1.807, 2.05) is 0 Å². The monoisotopic (exact) mass is 281 g/mol. The maximum absolute atomic E-state index is 10.8. The number of carbonyl (C=O) groups excluding carboxylic acids is 1. The first-order valence-electron chi connectivity index (χ1n) is 5.14. The number of nitro groups is 1. The number of furan rings is 1. The predicted molar refractivity (Wildman–Crippen MR) is 67.7 cm³/mol. The number of carbonyl (C=O) groups is 1. The fourth-order valence-corrected chi connectivity index (χ4v) is 1.84. The highest BCUT2D eigenvalue weighted by molar-refractivity contribution is 6.33. The second kappa shape index (κ2) is 5.11. The average molecular weight is 282 g/mol. The molecule has 0 aliphatic heterocycles. The van der Waals surface area contributed by atoms with E-state index in [0.717, 1.165) is 0 Å². The first kappa shape index (κ1) is 13.1. The molecule has 0 bridgehead atoms. The minimum atomic E-state index is -0.604. The van der Waals surface area contributed by atoms with Crippen molar-refractivity contribution in [2.45, 2.75) is 0 Å². The lowest BCUT2D eigenvalue weighted by Gasteiger charge is -2.07. The topological polar surface area (TPSA) is 82.6 Å². The van der Waals surface area contributed by atoms with Crippen molar-refractivity contribution in [1.29, 1.82) is 0 Å². The number of aldehydes is 1. The number of nitro benzene ring substituents is 1. The summed E-state index contributed by atoms with van der Waals surface area (Å²) in [6, 6.07) is 5.62. The molecule has 0 aliphatic rings. The Bertz CT molecular complexity index is 650. The van der Waals surface area contributed by atoms with Gasteiger partial charge in [-0.15, -0.1) is 0 Å². The summed E-state index contributed by atoms with van der Waals surface area (Å²) in [5.41, 5.74) is 0.177. The second-order valence-electron chi connectivity index (χ2n) is 3.58. The van der Waals surface area contributed by atoms with Gasteiger partial charge in [0, 0.05) is 0 Å². The number of hydrogen-bond acceptors (Lipinski definition) is 5. The Balaban J connectivity index is 2.59. The summed E-state index contributed by atoms with van der Waals surface area (Å²) in [4.78, 5) is 20.8. The van der Waals surface area contributed by atoms with Crippen LogP contribution < -0.4 is 4.74 Å². The Hall–Kier alpha value is -2.34. The zero-order chi connectivity index (χ0) is 14.0. The van der Waals surface area contributed by atoms with Gasteiger partial charge in [0.25, 0.3) is 5.69 Å². The molecule has 0 N–H and O–H groups in total. The van der Waals surface area contributed by atoms with Gasteiger partial charge >= 0.3 is 0 Å². The molecule has 0 unspecified atom stereocenters. The molecule has 2 rings (SSSR count). The number of ether oxygens (including phenoxy) is 1. The van der Waals surface area contributed by atoms with Gasteiger partial charge in [0.1, 0.15) is 16.5 Å². The molecule has 7 heteroatoms. The molecule has 1 aromatic heterocycles. The summed E-state index contributed by atoms with van der Waals surface area (Å²) in [7, 11) is 1.38. The van der Waals surface area contributed by atoms with Crippen LogP contribution in [0.3, 0.4) is 0 Å². The molecule has 0 fully saturated rings. The van der Waals surface area contributed by atoms with Crippen LogP contribution in [0.15, 0.2) is 28.7 Å². The maximum Gasteiger partial charge on any atom is 0.291 e. The molecule has 0 radical (unpaired) electrons. The SMILES string of the molecule is COc1cc([N+](=O)[O-])c(Cl)cc1-c1ccc(C=O)o1. The summed E-state index contributed by atoms with van der Waals surface area (Å²) >= 11 is 5.84. The third-order valence-electron chi connectivity index (χ3n) is 2.47. The molecular formula is C12H8ClNO5. The van der Waals surface area contributed by atoms with E-state index < -0.39 is 4.92 Å². The zero-order valence-electron chi connectivity index (χ0n) is 9.75. The van der Waals surface area contributed by atoms with Gasteiger partial charge in [0.05, 0.1) is 23.7 Å². The summed E-state index contributed by atoms with van der Waals surface area (Å²) in [5.74, 6) is 0.727. The smallest absolute Gasteiger partial charge is 0.291 e. The first-order chi connectivity index (χ1) is 9.06. The molecule has 19 heavy (non-hydrogen) atoms. The van der Waals surface area contributed by atoms with Crippen LogP contribution in [0.2, 0.25) is 5.02 Å². The molecule has 2 aromatic rings. The maximum atomic E-state index is 10.8. The summed E-state index contributed by atoms with van der Waals surface area (Å²) < 4.78 is 10.3. The van der Waals surface area contributed by atoms with Crippen LogP contribution in [0.1, 0.15) is 10.6 Å². The van der Waals surface area contributed by atoms with E-state index in [4.69, 9.17) is 20.8 Å². The lowest BCUT2D eigenvalue weighted by molar-refractivity contribution is -0.384. The fourth-order valence-electron chi connectivity index (χ4n) is 1.60. The Kier molecular flexibility index (Phi) is 3.52. The van der Waals surface area contributed by atoms with Crippen LogP contribution >= 0.6 is 11.6 Å². The van der Waals surface area contributed by atoms with Crippen LogP contribution in [0.25, 0.3) is 11.3 Å². The molecule has 1 aromatic carbocycles. The molecule has 1 heterocycles. The standard InChI is InChI=1S/C12H8ClNO5/c1-18-12-5-10(14(16)17)9(13)4-8(12)11-3-2-7(6-15)19-11/h2-6H,1H3. The lowest BCUT2D eigenvalue weighted by Crippen LogP contribution is -1.93. The largest absolute Gasteiger partial charge is 0.496 e. The van der Waals surface area contributed by atoms with Crippen molar-refractivity contribution in [3.63, 3.8) is 0 Å². The Morgan fingerprint density at radius 2 is 2.16 bits per heavy atom. The van der Waals surface area contributed by atoms with Crippen LogP contribution in [-0.4, -0.2) is 18.3 Å². The van der Waals surface area contributed by atoms with E-state index in [0.29, 0.717) is 17.6 Å². The van der Waals surface area contributed by atoms with Crippen molar-refractivity contribution >= 4 is 23.6 Å². The highest BCUT2D eigenvalue weighted by Crippen LogP contribution is 2.38. The molecule has 0 atom stereocenters. The summed E-state index contributed by atoms with van der Waals surface area (Å²) in [6.07, 6.45) is 0.559. The summed E-state index contributed by atoms with van der Waals surface area (Å²) in [6.45, 7) is 0. The van der Waals surface area contributed by atoms with Gasteiger partial charge in [-0.25, -0.2) is 0 Å². The first-order valence-corrected chi connectivity index (χ1v) is 5.52. The van der Waals surface area contributed by atoms with Crippen LogP contribution in [0, 0.1) is 10.1 Å². The van der Waals surface area contributed by atoms with Crippen molar-refractivity contribution < 1.29 is 18.9 Å². The summed E-state index contributed by atoms with van der Waals surface area (Å²) in [5, 5.41) is 10.7. The molecule has 0 saturated carbocycles.